The van der Waals surface area contributed by atoms with Crippen LogP contribution >= 0.6 is 0 Å². The Morgan fingerprint density at radius 3 is 2.71 bits per heavy atom. The van der Waals surface area contributed by atoms with Crippen molar-refractivity contribution in [2.24, 2.45) is 0 Å². The highest BCUT2D eigenvalue weighted by Gasteiger charge is 2.31. The van der Waals surface area contributed by atoms with E-state index in [9.17, 15) is 18.0 Å². The molecule has 4 rings (SSSR count). The molecule has 0 spiro atoms. The summed E-state index contributed by atoms with van der Waals surface area (Å²) in [4.78, 5) is 23.0. The van der Waals surface area contributed by atoms with Gasteiger partial charge in [0.2, 0.25) is 0 Å². The zero-order valence-corrected chi connectivity index (χ0v) is 17.0. The molecule has 9 heteroatoms. The van der Waals surface area contributed by atoms with Gasteiger partial charge in [0.05, 0.1) is 36.0 Å². The quantitative estimate of drug-likeness (QED) is 0.660. The number of anilines is 1. The number of ether oxygens (including phenoxy) is 1. The number of carbonyl (C=O) groups excluding carboxylic acids is 1. The third-order valence-corrected chi connectivity index (χ3v) is 5.47. The fourth-order valence-electron chi connectivity index (χ4n) is 3.79. The zero-order valence-electron chi connectivity index (χ0n) is 17.0. The van der Waals surface area contributed by atoms with Crippen molar-refractivity contribution in [2.75, 3.05) is 12.3 Å². The first kappa shape index (κ1) is 21.0. The third-order valence-electron chi connectivity index (χ3n) is 5.47. The maximum atomic E-state index is 13.1. The average molecular weight is 430 g/mol. The zero-order chi connectivity index (χ0) is 22.3. The highest BCUT2D eigenvalue weighted by Crippen LogP contribution is 2.38. The maximum absolute atomic E-state index is 13.1. The fraction of sp³-hybridized carbons (Fsp3) is 0.318. The molecule has 3 heterocycles. The lowest BCUT2D eigenvalue weighted by atomic mass is 10.00. The summed E-state index contributed by atoms with van der Waals surface area (Å²) >= 11 is 0. The molecule has 0 bridgehead atoms. The van der Waals surface area contributed by atoms with Gasteiger partial charge in [-0.2, -0.15) is 13.2 Å². The van der Waals surface area contributed by atoms with E-state index in [1.54, 1.807) is 25.1 Å². The summed E-state index contributed by atoms with van der Waals surface area (Å²) in [5.74, 6) is 0.179. The molecule has 1 atom stereocenters. The second kappa shape index (κ2) is 7.81. The van der Waals surface area contributed by atoms with E-state index in [2.05, 4.69) is 9.97 Å². The van der Waals surface area contributed by atoms with Crippen molar-refractivity contribution in [2.45, 2.75) is 39.3 Å². The molecule has 3 aromatic rings. The van der Waals surface area contributed by atoms with E-state index in [-0.39, 0.29) is 18.6 Å². The van der Waals surface area contributed by atoms with Crippen molar-refractivity contribution in [1.29, 1.82) is 0 Å². The first-order valence-corrected chi connectivity index (χ1v) is 9.84. The van der Waals surface area contributed by atoms with Crippen LogP contribution in [0.5, 0.6) is 0 Å². The average Bonchev–Trinajstić information content (AvgIpc) is 3.13. The Labute approximate surface area is 176 Å². The van der Waals surface area contributed by atoms with Crippen molar-refractivity contribution in [1.82, 2.24) is 14.9 Å². The van der Waals surface area contributed by atoms with Crippen molar-refractivity contribution >= 4 is 22.6 Å². The van der Waals surface area contributed by atoms with Gasteiger partial charge in [0.15, 0.2) is 0 Å². The molecule has 0 fully saturated rings. The topological polar surface area (TPSA) is 81.3 Å². The van der Waals surface area contributed by atoms with Gasteiger partial charge in [-0.25, -0.2) is 4.98 Å². The molecule has 1 aliphatic heterocycles. The summed E-state index contributed by atoms with van der Waals surface area (Å²) < 4.78 is 43.9. The second-order valence-electron chi connectivity index (χ2n) is 7.43. The Bertz CT molecular complexity index is 1150. The standard InChI is InChI=1S/C22H21F3N4O2/c1-3-29(10-15-6-5-14(9-27-15)22(23,24)25)21(30)13-4-7-18-16(8-13)17-11-31-12(2)19(17)20(26)28-18/h4-9,12H,3,10-11H2,1-2H3,(H2,26,28). The fourth-order valence-corrected chi connectivity index (χ4v) is 3.79. The van der Waals surface area contributed by atoms with Gasteiger partial charge in [-0.1, -0.05) is 0 Å². The number of amides is 1. The lowest BCUT2D eigenvalue weighted by Crippen LogP contribution is -2.30. The van der Waals surface area contributed by atoms with Crippen LogP contribution in [0.15, 0.2) is 36.5 Å². The number of alkyl halides is 3. The molecule has 0 radical (unpaired) electrons. The minimum atomic E-state index is -4.45. The monoisotopic (exact) mass is 430 g/mol. The van der Waals surface area contributed by atoms with Crippen molar-refractivity contribution in [3.8, 4) is 0 Å². The Kier molecular flexibility index (Phi) is 5.30. The van der Waals surface area contributed by atoms with Gasteiger partial charge in [-0.3, -0.25) is 9.78 Å². The molecule has 1 unspecified atom stereocenters. The number of benzene rings is 1. The number of hydrogen-bond donors (Lipinski definition) is 1. The summed E-state index contributed by atoms with van der Waals surface area (Å²) in [7, 11) is 0. The minimum Gasteiger partial charge on any atom is -0.383 e. The third kappa shape index (κ3) is 3.93. The van der Waals surface area contributed by atoms with E-state index < -0.39 is 11.7 Å². The summed E-state index contributed by atoms with van der Waals surface area (Å²) in [6.45, 7) is 4.57. The van der Waals surface area contributed by atoms with Gasteiger partial charge in [-0.05, 0) is 49.7 Å². The van der Waals surface area contributed by atoms with Crippen molar-refractivity contribution in [3.63, 3.8) is 0 Å². The van der Waals surface area contributed by atoms with E-state index in [1.807, 2.05) is 6.92 Å². The first-order chi connectivity index (χ1) is 14.7. The molecule has 2 N–H and O–H groups in total. The van der Waals surface area contributed by atoms with Gasteiger partial charge in [-0.15, -0.1) is 0 Å². The summed E-state index contributed by atoms with van der Waals surface area (Å²) in [5.41, 5.74) is 8.54. The number of pyridine rings is 2. The Morgan fingerprint density at radius 1 is 1.29 bits per heavy atom. The number of rotatable bonds is 4. The highest BCUT2D eigenvalue weighted by molar-refractivity contribution is 5.99. The van der Waals surface area contributed by atoms with Gasteiger partial charge >= 0.3 is 6.18 Å². The predicted molar refractivity (Wildman–Crippen MR) is 109 cm³/mol. The Morgan fingerprint density at radius 2 is 2.06 bits per heavy atom. The molecular weight excluding hydrogens is 409 g/mol. The maximum Gasteiger partial charge on any atom is 0.417 e. The van der Waals surface area contributed by atoms with Crippen molar-refractivity contribution in [3.05, 3.63) is 64.5 Å². The van der Waals surface area contributed by atoms with Crippen LogP contribution in [-0.2, 0) is 24.1 Å². The number of fused-ring (bicyclic) bond motifs is 3. The van der Waals surface area contributed by atoms with Crippen LogP contribution in [0.2, 0.25) is 0 Å². The predicted octanol–water partition coefficient (Wildman–Crippen LogP) is 4.48. The Balaban J connectivity index is 1.62. The van der Waals surface area contributed by atoms with Crippen LogP contribution in [0.25, 0.3) is 10.9 Å². The van der Waals surface area contributed by atoms with Gasteiger partial charge in [0.1, 0.15) is 5.82 Å². The van der Waals surface area contributed by atoms with E-state index in [0.717, 1.165) is 28.8 Å². The molecule has 0 saturated heterocycles. The number of halogens is 3. The highest BCUT2D eigenvalue weighted by atomic mass is 19.4. The molecule has 31 heavy (non-hydrogen) atoms. The lowest BCUT2D eigenvalue weighted by Gasteiger charge is -2.21. The van der Waals surface area contributed by atoms with Gasteiger partial charge in [0, 0.05) is 29.3 Å². The molecular formula is C22H21F3N4O2. The summed E-state index contributed by atoms with van der Waals surface area (Å²) in [5, 5.41) is 0.808. The number of nitrogens with zero attached hydrogens (tertiary/aromatic N) is 3. The molecule has 1 aliphatic rings. The molecule has 162 valence electrons. The van der Waals surface area contributed by atoms with Crippen LogP contribution in [0.3, 0.4) is 0 Å². The minimum absolute atomic E-state index is 0.101. The first-order valence-electron chi connectivity index (χ1n) is 9.84. The van der Waals surface area contributed by atoms with E-state index >= 15 is 0 Å². The normalized spacial score (nSPS) is 15.8. The molecule has 0 saturated carbocycles. The van der Waals surface area contributed by atoms with E-state index in [4.69, 9.17) is 10.5 Å². The van der Waals surface area contributed by atoms with Gasteiger partial charge < -0.3 is 15.4 Å². The van der Waals surface area contributed by atoms with Crippen LogP contribution < -0.4 is 5.73 Å². The van der Waals surface area contributed by atoms with Crippen LogP contribution in [0.1, 0.15) is 52.7 Å². The summed E-state index contributed by atoms with van der Waals surface area (Å²) in [6.07, 6.45) is -3.83. The molecule has 1 amide bonds. The van der Waals surface area contributed by atoms with Crippen LogP contribution in [0.4, 0.5) is 19.0 Å². The number of aromatic nitrogens is 2. The van der Waals surface area contributed by atoms with Crippen LogP contribution in [0, 0.1) is 0 Å². The summed E-state index contributed by atoms with van der Waals surface area (Å²) in [6, 6.07) is 7.44. The van der Waals surface area contributed by atoms with Gasteiger partial charge in [0.25, 0.3) is 5.91 Å². The molecule has 0 aliphatic carbocycles. The molecule has 6 nitrogen and oxygen atoms in total. The lowest BCUT2D eigenvalue weighted by molar-refractivity contribution is -0.137. The second-order valence-corrected chi connectivity index (χ2v) is 7.43. The van der Waals surface area contributed by atoms with Crippen molar-refractivity contribution < 1.29 is 22.7 Å². The number of nitrogen functional groups attached to an aromatic ring is 1. The molecule has 2 aromatic heterocycles. The van der Waals surface area contributed by atoms with E-state index in [0.29, 0.717) is 35.7 Å². The SMILES string of the molecule is CCN(Cc1ccc(C(F)(F)F)cn1)C(=O)c1ccc2nc(N)c3c(c2c1)COC3C. The Hall–Kier alpha value is -3.20. The van der Waals surface area contributed by atoms with Crippen LogP contribution in [-0.4, -0.2) is 27.3 Å². The number of carbonyl (C=O) groups is 1. The van der Waals surface area contributed by atoms with E-state index in [1.165, 1.54) is 11.0 Å². The molecule has 1 aromatic carbocycles. The smallest absolute Gasteiger partial charge is 0.383 e. The number of nitrogens with two attached hydrogens (primary N) is 1. The number of hydrogen-bond acceptors (Lipinski definition) is 5. The largest absolute Gasteiger partial charge is 0.417 e.